The molecule has 2 heteroatoms. The van der Waals surface area contributed by atoms with Gasteiger partial charge >= 0.3 is 0 Å². The highest BCUT2D eigenvalue weighted by Gasteiger charge is 2.28. The summed E-state index contributed by atoms with van der Waals surface area (Å²) in [7, 11) is 1.85. The maximum absolute atomic E-state index is 5.38. The molecule has 1 saturated heterocycles. The number of methoxy groups -OCH3 is 1. The molecule has 1 saturated carbocycles. The maximum atomic E-state index is 5.38. The molecular formula is C11H21NO. The minimum atomic E-state index is 0.553. The third-order valence-corrected chi connectivity index (χ3v) is 3.72. The van der Waals surface area contributed by atoms with Crippen molar-refractivity contribution in [3.8, 4) is 0 Å². The van der Waals surface area contributed by atoms with Crippen molar-refractivity contribution < 1.29 is 4.74 Å². The van der Waals surface area contributed by atoms with E-state index in [0.29, 0.717) is 6.10 Å². The second kappa shape index (κ2) is 4.43. The molecule has 1 heterocycles. The lowest BCUT2D eigenvalue weighted by molar-refractivity contribution is 0.0516. The molecule has 0 bridgehead atoms. The van der Waals surface area contributed by atoms with Gasteiger partial charge < -0.3 is 10.1 Å². The second-order valence-corrected chi connectivity index (χ2v) is 4.48. The van der Waals surface area contributed by atoms with E-state index in [0.717, 1.165) is 12.0 Å². The van der Waals surface area contributed by atoms with Crippen LogP contribution in [0.3, 0.4) is 0 Å². The number of rotatable bonds is 2. The predicted molar refractivity (Wildman–Crippen MR) is 53.8 cm³/mol. The van der Waals surface area contributed by atoms with E-state index in [2.05, 4.69) is 5.32 Å². The summed E-state index contributed by atoms with van der Waals surface area (Å²) in [4.78, 5) is 0. The summed E-state index contributed by atoms with van der Waals surface area (Å²) >= 11 is 0. The molecule has 2 fully saturated rings. The summed E-state index contributed by atoms with van der Waals surface area (Å²) in [6, 6.07) is 0.831. The van der Waals surface area contributed by atoms with Crippen LogP contribution in [0.1, 0.15) is 38.5 Å². The zero-order valence-corrected chi connectivity index (χ0v) is 8.59. The average Bonchev–Trinajstić information content (AvgIpc) is 2.71. The van der Waals surface area contributed by atoms with Crippen LogP contribution in [0.2, 0.25) is 0 Å². The Hall–Kier alpha value is -0.0800. The summed E-state index contributed by atoms with van der Waals surface area (Å²) < 4.78 is 5.38. The maximum Gasteiger partial charge on any atom is 0.0571 e. The number of hydrogen-bond donors (Lipinski definition) is 1. The van der Waals surface area contributed by atoms with Crippen LogP contribution in [-0.4, -0.2) is 25.8 Å². The average molecular weight is 183 g/mol. The van der Waals surface area contributed by atoms with Crippen LogP contribution in [0, 0.1) is 5.92 Å². The quantitative estimate of drug-likeness (QED) is 0.706. The first kappa shape index (κ1) is 9.47. The number of ether oxygens (including phenoxy) is 1. The van der Waals surface area contributed by atoms with Crippen LogP contribution in [-0.2, 0) is 4.74 Å². The van der Waals surface area contributed by atoms with Gasteiger partial charge in [-0.15, -0.1) is 0 Å². The zero-order valence-electron chi connectivity index (χ0n) is 8.59. The molecule has 13 heavy (non-hydrogen) atoms. The van der Waals surface area contributed by atoms with Crippen molar-refractivity contribution in [1.29, 1.82) is 0 Å². The van der Waals surface area contributed by atoms with Gasteiger partial charge in [0.2, 0.25) is 0 Å². The third kappa shape index (κ3) is 2.23. The third-order valence-electron chi connectivity index (χ3n) is 3.72. The summed E-state index contributed by atoms with van der Waals surface area (Å²) in [5.41, 5.74) is 0. The Labute approximate surface area is 81.0 Å². The van der Waals surface area contributed by atoms with Gasteiger partial charge in [0.15, 0.2) is 0 Å². The SMILES string of the molecule is COC1CCC(C2CCCN2)CC1. The summed E-state index contributed by atoms with van der Waals surface area (Å²) in [5, 5.41) is 3.62. The van der Waals surface area contributed by atoms with Crippen LogP contribution in [0.15, 0.2) is 0 Å². The Kier molecular flexibility index (Phi) is 3.23. The van der Waals surface area contributed by atoms with Crippen LogP contribution < -0.4 is 5.32 Å². The van der Waals surface area contributed by atoms with Crippen LogP contribution >= 0.6 is 0 Å². The molecule has 76 valence electrons. The summed E-state index contributed by atoms with van der Waals surface area (Å²) in [6.45, 7) is 1.24. The van der Waals surface area contributed by atoms with Crippen molar-refractivity contribution in [3.05, 3.63) is 0 Å². The Balaban J connectivity index is 1.77. The van der Waals surface area contributed by atoms with Crippen LogP contribution in [0.4, 0.5) is 0 Å². The van der Waals surface area contributed by atoms with Gasteiger partial charge in [0.25, 0.3) is 0 Å². The minimum Gasteiger partial charge on any atom is -0.381 e. The van der Waals surface area contributed by atoms with E-state index in [-0.39, 0.29) is 0 Å². The molecule has 0 aromatic heterocycles. The first-order chi connectivity index (χ1) is 6.40. The first-order valence-corrected chi connectivity index (χ1v) is 5.66. The largest absolute Gasteiger partial charge is 0.381 e. The molecule has 0 aromatic rings. The molecule has 1 atom stereocenters. The fraction of sp³-hybridized carbons (Fsp3) is 1.00. The molecule has 1 aliphatic heterocycles. The Morgan fingerprint density at radius 2 is 1.85 bits per heavy atom. The van der Waals surface area contributed by atoms with Gasteiger partial charge in [-0.2, -0.15) is 0 Å². The van der Waals surface area contributed by atoms with Crippen molar-refractivity contribution >= 4 is 0 Å². The highest BCUT2D eigenvalue weighted by Crippen LogP contribution is 2.31. The van der Waals surface area contributed by atoms with Crippen molar-refractivity contribution in [2.24, 2.45) is 5.92 Å². The van der Waals surface area contributed by atoms with Crippen molar-refractivity contribution in [1.82, 2.24) is 5.32 Å². The molecule has 0 spiro atoms. The first-order valence-electron chi connectivity index (χ1n) is 5.66. The van der Waals surface area contributed by atoms with Gasteiger partial charge in [0.05, 0.1) is 6.10 Å². The second-order valence-electron chi connectivity index (χ2n) is 4.48. The van der Waals surface area contributed by atoms with Gasteiger partial charge in [0, 0.05) is 13.2 Å². The lowest BCUT2D eigenvalue weighted by Crippen LogP contribution is -2.34. The molecule has 0 radical (unpaired) electrons. The highest BCUT2D eigenvalue weighted by molar-refractivity contribution is 4.85. The van der Waals surface area contributed by atoms with Gasteiger partial charge in [-0.3, -0.25) is 0 Å². The smallest absolute Gasteiger partial charge is 0.0571 e. The molecule has 2 nitrogen and oxygen atoms in total. The molecule has 0 amide bonds. The Morgan fingerprint density at radius 3 is 2.38 bits per heavy atom. The van der Waals surface area contributed by atoms with Gasteiger partial charge in [-0.05, 0) is 51.0 Å². The molecule has 0 aromatic carbocycles. The lowest BCUT2D eigenvalue weighted by atomic mass is 9.82. The minimum absolute atomic E-state index is 0.553. The Morgan fingerprint density at radius 1 is 1.08 bits per heavy atom. The van der Waals surface area contributed by atoms with E-state index >= 15 is 0 Å². The number of nitrogens with one attached hydrogen (secondary N) is 1. The van der Waals surface area contributed by atoms with Crippen LogP contribution in [0.25, 0.3) is 0 Å². The van der Waals surface area contributed by atoms with Crippen molar-refractivity contribution in [2.45, 2.75) is 50.7 Å². The topological polar surface area (TPSA) is 21.3 Å². The molecule has 2 aliphatic rings. The standard InChI is InChI=1S/C11H21NO/c1-13-10-6-4-9(5-7-10)11-3-2-8-12-11/h9-12H,2-8H2,1H3. The monoisotopic (exact) mass is 183 g/mol. The van der Waals surface area contributed by atoms with Crippen molar-refractivity contribution in [2.75, 3.05) is 13.7 Å². The van der Waals surface area contributed by atoms with E-state index < -0.39 is 0 Å². The lowest BCUT2D eigenvalue weighted by Gasteiger charge is -2.31. The summed E-state index contributed by atoms with van der Waals surface area (Å²) in [6.07, 6.45) is 8.64. The van der Waals surface area contributed by atoms with Gasteiger partial charge in [-0.1, -0.05) is 0 Å². The molecule has 1 unspecified atom stereocenters. The van der Waals surface area contributed by atoms with Crippen molar-refractivity contribution in [3.63, 3.8) is 0 Å². The normalized spacial score (nSPS) is 40.8. The highest BCUT2D eigenvalue weighted by atomic mass is 16.5. The van der Waals surface area contributed by atoms with E-state index in [1.54, 1.807) is 0 Å². The van der Waals surface area contributed by atoms with E-state index in [1.165, 1.54) is 45.1 Å². The zero-order chi connectivity index (χ0) is 9.10. The Bertz CT molecular complexity index is 146. The van der Waals surface area contributed by atoms with E-state index in [1.807, 2.05) is 7.11 Å². The van der Waals surface area contributed by atoms with Gasteiger partial charge in [-0.25, -0.2) is 0 Å². The molecule has 2 rings (SSSR count). The summed E-state index contributed by atoms with van der Waals surface area (Å²) in [5.74, 6) is 0.939. The molecular weight excluding hydrogens is 162 g/mol. The fourth-order valence-corrected chi connectivity index (χ4v) is 2.84. The van der Waals surface area contributed by atoms with E-state index in [9.17, 15) is 0 Å². The van der Waals surface area contributed by atoms with Gasteiger partial charge in [0.1, 0.15) is 0 Å². The number of hydrogen-bond acceptors (Lipinski definition) is 2. The fourth-order valence-electron chi connectivity index (χ4n) is 2.84. The molecule has 1 N–H and O–H groups in total. The molecule has 1 aliphatic carbocycles. The van der Waals surface area contributed by atoms with E-state index in [4.69, 9.17) is 4.74 Å². The predicted octanol–water partition coefficient (Wildman–Crippen LogP) is 1.94. The van der Waals surface area contributed by atoms with Crippen LogP contribution in [0.5, 0.6) is 0 Å².